The fraction of sp³-hybridized carbons (Fsp3) is 0.462. The quantitative estimate of drug-likeness (QED) is 0.888. The van der Waals surface area contributed by atoms with Gasteiger partial charge in [0.25, 0.3) is 5.56 Å². The molecule has 5 nitrogen and oxygen atoms in total. The van der Waals surface area contributed by atoms with Gasteiger partial charge in [-0.1, -0.05) is 11.6 Å². The van der Waals surface area contributed by atoms with Crippen LogP contribution in [0.2, 0.25) is 5.02 Å². The average Bonchev–Trinajstić information content (AvgIpc) is 3.00. The van der Waals surface area contributed by atoms with Crippen LogP contribution < -0.4 is 10.5 Å². The van der Waals surface area contributed by atoms with E-state index < -0.39 is 17.4 Å². The van der Waals surface area contributed by atoms with E-state index in [0.29, 0.717) is 23.8 Å². The molecule has 1 saturated heterocycles. The lowest BCUT2D eigenvalue weighted by Gasteiger charge is -2.33. The molecular formula is C13H12ClF3N4OS. The van der Waals surface area contributed by atoms with Gasteiger partial charge in [-0.25, -0.2) is 10.1 Å². The van der Waals surface area contributed by atoms with Crippen LogP contribution in [0.4, 0.5) is 18.9 Å². The zero-order valence-corrected chi connectivity index (χ0v) is 13.3. The molecule has 0 aromatic carbocycles. The second kappa shape index (κ2) is 6.12. The maximum Gasteiger partial charge on any atom is 0.434 e. The van der Waals surface area contributed by atoms with Crippen LogP contribution in [0.1, 0.15) is 29.5 Å². The van der Waals surface area contributed by atoms with Gasteiger partial charge in [-0.15, -0.1) is 11.3 Å². The van der Waals surface area contributed by atoms with Crippen molar-refractivity contribution in [2.24, 2.45) is 0 Å². The van der Waals surface area contributed by atoms with Gasteiger partial charge in [0.1, 0.15) is 5.02 Å². The molecule has 10 heteroatoms. The lowest BCUT2D eigenvalue weighted by molar-refractivity contribution is -0.140. The molecule has 1 aliphatic heterocycles. The molecule has 0 spiro atoms. The van der Waals surface area contributed by atoms with Gasteiger partial charge in [0.05, 0.1) is 16.9 Å². The molecule has 1 fully saturated rings. The van der Waals surface area contributed by atoms with Crippen molar-refractivity contribution < 1.29 is 13.2 Å². The predicted octanol–water partition coefficient (Wildman–Crippen LogP) is 3.28. The highest BCUT2D eigenvalue weighted by molar-refractivity contribution is 7.09. The number of aromatic amines is 1. The minimum Gasteiger partial charge on any atom is -0.368 e. The first-order valence-corrected chi connectivity index (χ1v) is 8.13. The minimum absolute atomic E-state index is 0.0377. The highest BCUT2D eigenvalue weighted by Gasteiger charge is 2.35. The number of hydrogen-bond acceptors (Lipinski definition) is 5. The van der Waals surface area contributed by atoms with Crippen molar-refractivity contribution in [2.75, 3.05) is 18.0 Å². The fourth-order valence-corrected chi connectivity index (χ4v) is 3.76. The Balaban J connectivity index is 1.82. The van der Waals surface area contributed by atoms with Crippen molar-refractivity contribution in [1.82, 2.24) is 15.2 Å². The summed E-state index contributed by atoms with van der Waals surface area (Å²) >= 11 is 7.01. The van der Waals surface area contributed by atoms with Crippen LogP contribution in [0.15, 0.2) is 16.4 Å². The second-order valence-corrected chi connectivity index (χ2v) is 6.52. The first-order valence-electron chi connectivity index (χ1n) is 6.87. The Morgan fingerprint density at radius 3 is 2.91 bits per heavy atom. The number of nitrogens with zero attached hydrogens (tertiary/aromatic N) is 3. The first-order chi connectivity index (χ1) is 10.9. The largest absolute Gasteiger partial charge is 0.434 e. The second-order valence-electron chi connectivity index (χ2n) is 5.25. The monoisotopic (exact) mass is 364 g/mol. The molecule has 1 atom stereocenters. The SMILES string of the molecule is O=c1[nH]ncc(N2CCCC(c3nc(C(F)(F)F)cs3)C2)c1Cl. The summed E-state index contributed by atoms with van der Waals surface area (Å²) in [7, 11) is 0. The van der Waals surface area contributed by atoms with E-state index in [1.54, 1.807) is 0 Å². The summed E-state index contributed by atoms with van der Waals surface area (Å²) in [6.07, 6.45) is -1.46. The molecule has 2 aromatic rings. The van der Waals surface area contributed by atoms with Crippen LogP contribution in [-0.4, -0.2) is 28.3 Å². The number of thiazole rings is 1. The molecule has 1 unspecified atom stereocenters. The Morgan fingerprint density at radius 1 is 1.43 bits per heavy atom. The molecule has 2 aromatic heterocycles. The molecule has 23 heavy (non-hydrogen) atoms. The first kappa shape index (κ1) is 16.3. The molecule has 0 saturated carbocycles. The number of anilines is 1. The summed E-state index contributed by atoms with van der Waals surface area (Å²) in [4.78, 5) is 17.1. The number of piperidine rings is 1. The van der Waals surface area contributed by atoms with Crippen LogP contribution in [0.25, 0.3) is 0 Å². The molecule has 0 radical (unpaired) electrons. The Labute approximate surface area is 138 Å². The van der Waals surface area contributed by atoms with Crippen molar-refractivity contribution >= 4 is 28.6 Å². The van der Waals surface area contributed by atoms with Gasteiger partial charge in [0.15, 0.2) is 5.69 Å². The summed E-state index contributed by atoms with van der Waals surface area (Å²) in [5.41, 5.74) is -0.849. The molecule has 0 amide bonds. The predicted molar refractivity (Wildman–Crippen MR) is 81.2 cm³/mol. The summed E-state index contributed by atoms with van der Waals surface area (Å²) < 4.78 is 38.0. The zero-order valence-electron chi connectivity index (χ0n) is 11.7. The third-order valence-corrected chi connectivity index (χ3v) is 5.07. The fourth-order valence-electron chi connectivity index (χ4n) is 2.60. The lowest BCUT2D eigenvalue weighted by Crippen LogP contribution is -2.35. The van der Waals surface area contributed by atoms with Gasteiger partial charge >= 0.3 is 6.18 Å². The van der Waals surface area contributed by atoms with Gasteiger partial charge < -0.3 is 4.90 Å². The summed E-state index contributed by atoms with van der Waals surface area (Å²) in [5, 5.41) is 7.50. The minimum atomic E-state index is -4.43. The molecule has 1 N–H and O–H groups in total. The van der Waals surface area contributed by atoms with Gasteiger partial charge in [-0.05, 0) is 12.8 Å². The van der Waals surface area contributed by atoms with E-state index in [9.17, 15) is 18.0 Å². The van der Waals surface area contributed by atoms with Crippen molar-refractivity contribution in [3.05, 3.63) is 37.7 Å². The Morgan fingerprint density at radius 2 is 2.22 bits per heavy atom. The topological polar surface area (TPSA) is 61.9 Å². The molecule has 3 rings (SSSR count). The van der Waals surface area contributed by atoms with E-state index in [4.69, 9.17) is 11.6 Å². The molecular weight excluding hydrogens is 353 g/mol. The highest BCUT2D eigenvalue weighted by atomic mass is 35.5. The Bertz CT molecular complexity index is 760. The maximum atomic E-state index is 12.7. The van der Waals surface area contributed by atoms with Gasteiger partial charge in [0.2, 0.25) is 0 Å². The van der Waals surface area contributed by atoms with Gasteiger partial charge in [0, 0.05) is 24.4 Å². The van der Waals surface area contributed by atoms with E-state index in [2.05, 4.69) is 15.2 Å². The number of H-pyrrole nitrogens is 1. The van der Waals surface area contributed by atoms with Crippen LogP contribution in [0.3, 0.4) is 0 Å². The number of hydrogen-bond donors (Lipinski definition) is 1. The number of alkyl halides is 3. The van der Waals surface area contributed by atoms with E-state index in [0.717, 1.165) is 29.6 Å². The van der Waals surface area contributed by atoms with Gasteiger partial charge in [-0.2, -0.15) is 18.3 Å². The van der Waals surface area contributed by atoms with Crippen LogP contribution >= 0.6 is 22.9 Å². The Kier molecular flexibility index (Phi) is 4.33. The summed E-state index contributed by atoms with van der Waals surface area (Å²) in [5.74, 6) is -0.125. The summed E-state index contributed by atoms with van der Waals surface area (Å²) in [6, 6.07) is 0. The summed E-state index contributed by atoms with van der Waals surface area (Å²) in [6.45, 7) is 1.12. The highest BCUT2D eigenvalue weighted by Crippen LogP contribution is 2.36. The van der Waals surface area contributed by atoms with E-state index in [1.165, 1.54) is 6.20 Å². The Hall–Kier alpha value is -1.61. The van der Waals surface area contributed by atoms with Crippen molar-refractivity contribution in [3.8, 4) is 0 Å². The number of aromatic nitrogens is 3. The number of rotatable bonds is 2. The molecule has 0 bridgehead atoms. The third-order valence-electron chi connectivity index (χ3n) is 3.70. The molecule has 124 valence electrons. The van der Waals surface area contributed by atoms with Crippen LogP contribution in [-0.2, 0) is 6.18 Å². The average molecular weight is 365 g/mol. The van der Waals surface area contributed by atoms with Crippen molar-refractivity contribution in [2.45, 2.75) is 24.9 Å². The molecule has 0 aliphatic carbocycles. The third kappa shape index (κ3) is 3.35. The molecule has 3 heterocycles. The normalized spacial score (nSPS) is 19.1. The standard InChI is InChI=1S/C13H12ClF3N4OS/c14-10-8(4-18-20-11(10)22)21-3-1-2-7(5-21)12-19-9(6-23-12)13(15,16)17/h4,6-7H,1-3,5H2,(H,20,22). The van der Waals surface area contributed by atoms with E-state index >= 15 is 0 Å². The van der Waals surface area contributed by atoms with E-state index in [-0.39, 0.29) is 10.9 Å². The van der Waals surface area contributed by atoms with Gasteiger partial charge in [-0.3, -0.25) is 4.79 Å². The van der Waals surface area contributed by atoms with Crippen molar-refractivity contribution in [1.29, 1.82) is 0 Å². The van der Waals surface area contributed by atoms with Crippen LogP contribution in [0, 0.1) is 0 Å². The zero-order chi connectivity index (χ0) is 16.6. The van der Waals surface area contributed by atoms with Crippen LogP contribution in [0.5, 0.6) is 0 Å². The smallest absolute Gasteiger partial charge is 0.368 e. The number of nitrogens with one attached hydrogen (secondary N) is 1. The van der Waals surface area contributed by atoms with Crippen molar-refractivity contribution in [3.63, 3.8) is 0 Å². The maximum absolute atomic E-state index is 12.7. The number of halogens is 4. The lowest BCUT2D eigenvalue weighted by atomic mass is 9.98. The molecule has 1 aliphatic rings. The van der Waals surface area contributed by atoms with E-state index in [1.807, 2.05) is 4.90 Å².